The lowest BCUT2D eigenvalue weighted by molar-refractivity contribution is -0.384. The first-order valence-corrected chi connectivity index (χ1v) is 6.65. The van der Waals surface area contributed by atoms with Gasteiger partial charge in [-0.05, 0) is 29.7 Å². The van der Waals surface area contributed by atoms with Gasteiger partial charge in [-0.2, -0.15) is 0 Å². The largest absolute Gasteiger partial charge is 0.494 e. The SMILES string of the molecule is COc1ccc(C(Cl)Cc2ccc([N+](=O)[O-])cc2)cc1F. The number of halogens is 2. The molecule has 2 aromatic rings. The van der Waals surface area contributed by atoms with Gasteiger partial charge in [-0.15, -0.1) is 11.6 Å². The molecule has 2 aromatic carbocycles. The van der Waals surface area contributed by atoms with Crippen molar-refractivity contribution in [3.05, 3.63) is 69.5 Å². The van der Waals surface area contributed by atoms with Crippen LogP contribution in [0.25, 0.3) is 0 Å². The van der Waals surface area contributed by atoms with Crippen molar-refractivity contribution in [3.63, 3.8) is 0 Å². The van der Waals surface area contributed by atoms with Gasteiger partial charge in [0.25, 0.3) is 5.69 Å². The van der Waals surface area contributed by atoms with Gasteiger partial charge in [0.1, 0.15) is 0 Å². The van der Waals surface area contributed by atoms with Gasteiger partial charge in [0.2, 0.25) is 0 Å². The first-order chi connectivity index (χ1) is 10.0. The van der Waals surface area contributed by atoms with Gasteiger partial charge in [-0.3, -0.25) is 10.1 Å². The van der Waals surface area contributed by atoms with Gasteiger partial charge in [0.15, 0.2) is 11.6 Å². The first kappa shape index (κ1) is 15.3. The van der Waals surface area contributed by atoms with Crippen LogP contribution >= 0.6 is 11.6 Å². The van der Waals surface area contributed by atoms with E-state index in [0.29, 0.717) is 12.0 Å². The summed E-state index contributed by atoms with van der Waals surface area (Å²) in [5, 5.41) is 10.2. The van der Waals surface area contributed by atoms with Crippen molar-refractivity contribution in [1.29, 1.82) is 0 Å². The van der Waals surface area contributed by atoms with Crippen LogP contribution in [-0.4, -0.2) is 12.0 Å². The third kappa shape index (κ3) is 3.70. The molecule has 0 fully saturated rings. The van der Waals surface area contributed by atoms with Crippen molar-refractivity contribution in [2.75, 3.05) is 7.11 Å². The van der Waals surface area contributed by atoms with Crippen molar-refractivity contribution in [3.8, 4) is 5.75 Å². The zero-order valence-electron chi connectivity index (χ0n) is 11.3. The van der Waals surface area contributed by atoms with E-state index in [1.165, 1.54) is 31.4 Å². The number of rotatable bonds is 5. The zero-order chi connectivity index (χ0) is 15.4. The van der Waals surface area contributed by atoms with Crippen LogP contribution in [-0.2, 0) is 6.42 Å². The minimum absolute atomic E-state index is 0.0281. The smallest absolute Gasteiger partial charge is 0.269 e. The third-order valence-electron chi connectivity index (χ3n) is 3.10. The lowest BCUT2D eigenvalue weighted by Gasteiger charge is -2.11. The molecule has 0 aromatic heterocycles. The summed E-state index contributed by atoms with van der Waals surface area (Å²) < 4.78 is 18.5. The predicted octanol–water partition coefficient (Wildman–Crippen LogP) is 4.27. The van der Waals surface area contributed by atoms with Crippen LogP contribution < -0.4 is 4.74 Å². The van der Waals surface area contributed by atoms with Crippen LogP contribution in [0.4, 0.5) is 10.1 Å². The maximum absolute atomic E-state index is 13.6. The van der Waals surface area contributed by atoms with E-state index in [1.807, 2.05) is 0 Å². The first-order valence-electron chi connectivity index (χ1n) is 6.22. The van der Waals surface area contributed by atoms with E-state index < -0.39 is 16.1 Å². The average Bonchev–Trinajstić information content (AvgIpc) is 2.47. The molecule has 21 heavy (non-hydrogen) atoms. The lowest BCUT2D eigenvalue weighted by Crippen LogP contribution is -1.98. The van der Waals surface area contributed by atoms with Crippen LogP contribution in [0.5, 0.6) is 5.75 Å². The molecule has 4 nitrogen and oxygen atoms in total. The van der Waals surface area contributed by atoms with Crippen molar-refractivity contribution in [1.82, 2.24) is 0 Å². The highest BCUT2D eigenvalue weighted by Crippen LogP contribution is 2.29. The van der Waals surface area contributed by atoms with Crippen molar-refractivity contribution < 1.29 is 14.1 Å². The number of non-ortho nitro benzene ring substituents is 1. The highest BCUT2D eigenvalue weighted by atomic mass is 35.5. The predicted molar refractivity (Wildman–Crippen MR) is 78.3 cm³/mol. The van der Waals surface area contributed by atoms with E-state index in [2.05, 4.69) is 0 Å². The lowest BCUT2D eigenvalue weighted by atomic mass is 10.0. The molecule has 0 amide bonds. The Hall–Kier alpha value is -2.14. The van der Waals surface area contributed by atoms with Crippen molar-refractivity contribution in [2.45, 2.75) is 11.8 Å². The Morgan fingerprint density at radius 2 is 1.95 bits per heavy atom. The maximum Gasteiger partial charge on any atom is 0.269 e. The van der Waals surface area contributed by atoms with Crippen LogP contribution in [0.3, 0.4) is 0 Å². The third-order valence-corrected chi connectivity index (χ3v) is 3.51. The molecule has 1 unspecified atom stereocenters. The number of nitrogens with zero attached hydrogens (tertiary/aromatic N) is 1. The highest BCUT2D eigenvalue weighted by Gasteiger charge is 2.13. The van der Waals surface area contributed by atoms with E-state index in [1.54, 1.807) is 18.2 Å². The average molecular weight is 310 g/mol. The molecule has 1 atom stereocenters. The van der Waals surface area contributed by atoms with Gasteiger partial charge < -0.3 is 4.74 Å². The summed E-state index contributed by atoms with van der Waals surface area (Å²) in [6.45, 7) is 0. The molecule has 0 bridgehead atoms. The zero-order valence-corrected chi connectivity index (χ0v) is 12.0. The number of alkyl halides is 1. The van der Waals surface area contributed by atoms with Crippen LogP contribution in [0.15, 0.2) is 42.5 Å². The van der Waals surface area contributed by atoms with Gasteiger partial charge in [0.05, 0.1) is 17.4 Å². The molecule has 0 radical (unpaired) electrons. The molecule has 0 N–H and O–H groups in total. The Kier molecular flexibility index (Phi) is 4.75. The highest BCUT2D eigenvalue weighted by molar-refractivity contribution is 6.20. The Morgan fingerprint density at radius 1 is 1.29 bits per heavy atom. The van der Waals surface area contributed by atoms with E-state index in [4.69, 9.17) is 16.3 Å². The molecule has 2 rings (SSSR count). The molecule has 0 aliphatic carbocycles. The second-order valence-corrected chi connectivity index (χ2v) is 5.02. The Balaban J connectivity index is 2.12. The standard InChI is InChI=1S/C15H13ClFNO3/c1-21-15-7-4-11(9-14(15)17)13(16)8-10-2-5-12(6-3-10)18(19)20/h2-7,9,13H,8H2,1H3. The summed E-state index contributed by atoms with van der Waals surface area (Å²) in [5.41, 5.74) is 1.51. The Bertz CT molecular complexity index is 646. The molecular formula is C15H13ClFNO3. The van der Waals surface area contributed by atoms with Crippen molar-refractivity contribution >= 4 is 17.3 Å². The summed E-state index contributed by atoms with van der Waals surface area (Å²) in [7, 11) is 1.40. The normalized spacial score (nSPS) is 12.0. The topological polar surface area (TPSA) is 52.4 Å². The number of methoxy groups -OCH3 is 1. The number of ether oxygens (including phenoxy) is 1. The molecule has 0 aliphatic heterocycles. The van der Waals surface area contributed by atoms with Crippen LogP contribution in [0.2, 0.25) is 0 Å². The second kappa shape index (κ2) is 6.54. The minimum Gasteiger partial charge on any atom is -0.494 e. The molecule has 0 spiro atoms. The number of nitro benzene ring substituents is 1. The summed E-state index contributed by atoms with van der Waals surface area (Å²) >= 11 is 6.27. The summed E-state index contributed by atoms with van der Waals surface area (Å²) in [4.78, 5) is 10.1. The van der Waals surface area contributed by atoms with E-state index in [0.717, 1.165) is 5.56 Å². The summed E-state index contributed by atoms with van der Waals surface area (Å²) in [6.07, 6.45) is 0.450. The van der Waals surface area contributed by atoms with Gasteiger partial charge in [-0.25, -0.2) is 4.39 Å². The molecule has 0 saturated heterocycles. The summed E-state index contributed by atoms with van der Waals surface area (Å²) in [5.74, 6) is -0.303. The number of hydrogen-bond donors (Lipinski definition) is 0. The Labute approximate surface area is 126 Å². The van der Waals surface area contributed by atoms with E-state index in [9.17, 15) is 14.5 Å². The van der Waals surface area contributed by atoms with Crippen molar-refractivity contribution in [2.24, 2.45) is 0 Å². The molecule has 110 valence electrons. The number of benzene rings is 2. The minimum atomic E-state index is -0.468. The quantitative estimate of drug-likeness (QED) is 0.471. The van der Waals surface area contributed by atoms with Gasteiger partial charge in [0, 0.05) is 12.1 Å². The fourth-order valence-electron chi connectivity index (χ4n) is 1.96. The molecule has 0 heterocycles. The fraction of sp³-hybridized carbons (Fsp3) is 0.200. The van der Waals surface area contributed by atoms with Gasteiger partial charge >= 0.3 is 0 Å². The maximum atomic E-state index is 13.6. The van der Waals surface area contributed by atoms with Crippen LogP contribution in [0, 0.1) is 15.9 Å². The Morgan fingerprint density at radius 3 is 2.48 bits per heavy atom. The van der Waals surface area contributed by atoms with Gasteiger partial charge in [-0.1, -0.05) is 18.2 Å². The molecule has 0 saturated carbocycles. The van der Waals surface area contributed by atoms with Crippen LogP contribution in [0.1, 0.15) is 16.5 Å². The van der Waals surface area contributed by atoms with E-state index >= 15 is 0 Å². The second-order valence-electron chi connectivity index (χ2n) is 4.49. The monoisotopic (exact) mass is 309 g/mol. The molecule has 0 aliphatic rings. The molecule has 6 heteroatoms. The summed E-state index contributed by atoms with van der Waals surface area (Å²) in [6, 6.07) is 10.7. The number of nitro groups is 1. The van der Waals surface area contributed by atoms with E-state index in [-0.39, 0.29) is 11.4 Å². The fourth-order valence-corrected chi connectivity index (χ4v) is 2.27. The molecular weight excluding hydrogens is 297 g/mol. The number of hydrogen-bond acceptors (Lipinski definition) is 3.